The highest BCUT2D eigenvalue weighted by atomic mass is 79.9. The van der Waals surface area contributed by atoms with Crippen LogP contribution in [0.5, 0.6) is 0 Å². The van der Waals surface area contributed by atoms with Crippen molar-refractivity contribution in [2.75, 3.05) is 11.1 Å². The molecule has 0 atom stereocenters. The van der Waals surface area contributed by atoms with Crippen molar-refractivity contribution in [3.63, 3.8) is 0 Å². The lowest BCUT2D eigenvalue weighted by molar-refractivity contribution is 0.102. The predicted molar refractivity (Wildman–Crippen MR) is 82.6 cm³/mol. The summed E-state index contributed by atoms with van der Waals surface area (Å²) in [6.45, 7) is 0. The molecule has 21 heavy (non-hydrogen) atoms. The van der Waals surface area contributed by atoms with Crippen LogP contribution in [0.25, 0.3) is 10.9 Å². The average Bonchev–Trinajstić information content (AvgIpc) is 2.85. The van der Waals surface area contributed by atoms with E-state index in [4.69, 9.17) is 5.73 Å². The quantitative estimate of drug-likeness (QED) is 0.621. The zero-order valence-electron chi connectivity index (χ0n) is 10.7. The van der Waals surface area contributed by atoms with Crippen molar-refractivity contribution in [3.8, 4) is 0 Å². The number of amides is 1. The van der Waals surface area contributed by atoms with Crippen molar-refractivity contribution < 1.29 is 9.18 Å². The maximum Gasteiger partial charge on any atom is 0.276 e. The van der Waals surface area contributed by atoms with E-state index in [1.807, 2.05) is 0 Å². The van der Waals surface area contributed by atoms with Crippen LogP contribution in [0.1, 0.15) is 10.5 Å². The molecule has 0 saturated carbocycles. The molecule has 1 heterocycles. The minimum atomic E-state index is -0.530. The molecule has 0 aliphatic heterocycles. The molecule has 5 nitrogen and oxygen atoms in total. The van der Waals surface area contributed by atoms with Crippen molar-refractivity contribution in [1.29, 1.82) is 0 Å². The van der Waals surface area contributed by atoms with E-state index in [1.165, 1.54) is 12.1 Å². The molecule has 4 N–H and O–H groups in total. The summed E-state index contributed by atoms with van der Waals surface area (Å²) in [4.78, 5) is 12.2. The van der Waals surface area contributed by atoms with Crippen LogP contribution in [0.2, 0.25) is 0 Å². The fourth-order valence-electron chi connectivity index (χ4n) is 1.98. The normalized spacial score (nSPS) is 10.8. The number of nitrogens with two attached hydrogens (primary N) is 1. The van der Waals surface area contributed by atoms with Crippen molar-refractivity contribution in [2.24, 2.45) is 0 Å². The van der Waals surface area contributed by atoms with Gasteiger partial charge in [0.25, 0.3) is 5.91 Å². The van der Waals surface area contributed by atoms with Crippen molar-refractivity contribution in [3.05, 3.63) is 52.4 Å². The Balaban J connectivity index is 1.95. The first-order valence-corrected chi connectivity index (χ1v) is 6.84. The SMILES string of the molecule is Nc1ccc2[nH]nc(C(=O)Nc3ccc(Br)cc3F)c2c1. The van der Waals surface area contributed by atoms with Gasteiger partial charge in [0.2, 0.25) is 0 Å². The van der Waals surface area contributed by atoms with Gasteiger partial charge in [0.05, 0.1) is 11.2 Å². The molecule has 106 valence electrons. The molecule has 0 fully saturated rings. The average molecular weight is 349 g/mol. The van der Waals surface area contributed by atoms with Crippen LogP contribution in [-0.2, 0) is 0 Å². The van der Waals surface area contributed by atoms with E-state index in [-0.39, 0.29) is 11.4 Å². The van der Waals surface area contributed by atoms with Crippen molar-refractivity contribution in [2.45, 2.75) is 0 Å². The number of anilines is 2. The smallest absolute Gasteiger partial charge is 0.276 e. The summed E-state index contributed by atoms with van der Waals surface area (Å²) in [5.41, 5.74) is 7.17. The fraction of sp³-hybridized carbons (Fsp3) is 0. The Hall–Kier alpha value is -2.41. The number of nitrogens with zero attached hydrogens (tertiary/aromatic N) is 1. The van der Waals surface area contributed by atoms with E-state index in [2.05, 4.69) is 31.4 Å². The number of carbonyl (C=O) groups excluding carboxylic acids is 1. The monoisotopic (exact) mass is 348 g/mol. The number of benzene rings is 2. The van der Waals surface area contributed by atoms with E-state index in [1.54, 1.807) is 24.3 Å². The maximum absolute atomic E-state index is 13.7. The van der Waals surface area contributed by atoms with Crippen molar-refractivity contribution >= 4 is 44.1 Å². The summed E-state index contributed by atoms with van der Waals surface area (Å²) in [6, 6.07) is 9.47. The lowest BCUT2D eigenvalue weighted by atomic mass is 10.2. The number of hydrogen-bond donors (Lipinski definition) is 3. The second-order valence-corrected chi connectivity index (χ2v) is 5.37. The number of fused-ring (bicyclic) bond motifs is 1. The summed E-state index contributed by atoms with van der Waals surface area (Å²) < 4.78 is 14.3. The first kappa shape index (κ1) is 13.6. The Kier molecular flexibility index (Phi) is 3.34. The molecule has 0 unspecified atom stereocenters. The van der Waals surface area contributed by atoms with Gasteiger partial charge in [0, 0.05) is 15.5 Å². The predicted octanol–water partition coefficient (Wildman–Crippen LogP) is 3.30. The Morgan fingerprint density at radius 3 is 2.86 bits per heavy atom. The molecule has 1 amide bonds. The van der Waals surface area contributed by atoms with Gasteiger partial charge in [-0.15, -0.1) is 0 Å². The molecule has 0 radical (unpaired) electrons. The molecular formula is C14H10BrFN4O. The number of nitrogen functional groups attached to an aromatic ring is 1. The number of hydrogen-bond acceptors (Lipinski definition) is 3. The highest BCUT2D eigenvalue weighted by Gasteiger charge is 2.16. The topological polar surface area (TPSA) is 83.8 Å². The molecule has 0 aliphatic carbocycles. The molecule has 3 rings (SSSR count). The van der Waals surface area contributed by atoms with Crippen LogP contribution < -0.4 is 11.1 Å². The van der Waals surface area contributed by atoms with E-state index in [0.717, 1.165) is 0 Å². The van der Waals surface area contributed by atoms with Gasteiger partial charge in [-0.05, 0) is 36.4 Å². The first-order valence-electron chi connectivity index (χ1n) is 6.04. The number of aromatic amines is 1. The van der Waals surface area contributed by atoms with Gasteiger partial charge in [0.15, 0.2) is 5.69 Å². The highest BCUT2D eigenvalue weighted by Crippen LogP contribution is 2.22. The number of nitrogens with one attached hydrogen (secondary N) is 2. The summed E-state index contributed by atoms with van der Waals surface area (Å²) in [7, 11) is 0. The van der Waals surface area contributed by atoms with Crippen LogP contribution in [0.4, 0.5) is 15.8 Å². The van der Waals surface area contributed by atoms with Gasteiger partial charge in [-0.3, -0.25) is 9.89 Å². The zero-order chi connectivity index (χ0) is 15.0. The zero-order valence-corrected chi connectivity index (χ0v) is 12.2. The Bertz CT molecular complexity index is 846. The minimum absolute atomic E-state index is 0.0863. The molecule has 3 aromatic rings. The molecular weight excluding hydrogens is 339 g/mol. The van der Waals surface area contributed by atoms with E-state index >= 15 is 0 Å². The Labute approximate surface area is 127 Å². The number of H-pyrrole nitrogens is 1. The highest BCUT2D eigenvalue weighted by molar-refractivity contribution is 9.10. The van der Waals surface area contributed by atoms with E-state index in [0.29, 0.717) is 21.1 Å². The molecule has 0 aliphatic rings. The second-order valence-electron chi connectivity index (χ2n) is 4.46. The van der Waals surface area contributed by atoms with Crippen LogP contribution in [0.15, 0.2) is 40.9 Å². The van der Waals surface area contributed by atoms with Gasteiger partial charge in [-0.1, -0.05) is 15.9 Å². The largest absolute Gasteiger partial charge is 0.399 e. The lowest BCUT2D eigenvalue weighted by Gasteiger charge is -2.05. The van der Waals surface area contributed by atoms with Gasteiger partial charge >= 0.3 is 0 Å². The lowest BCUT2D eigenvalue weighted by Crippen LogP contribution is -2.13. The van der Waals surface area contributed by atoms with Crippen LogP contribution >= 0.6 is 15.9 Å². The van der Waals surface area contributed by atoms with Gasteiger partial charge < -0.3 is 11.1 Å². The van der Waals surface area contributed by atoms with Crippen molar-refractivity contribution in [1.82, 2.24) is 10.2 Å². The third kappa shape index (κ3) is 2.59. The van der Waals surface area contributed by atoms with Gasteiger partial charge in [0.1, 0.15) is 5.82 Å². The number of halogens is 2. The summed E-state index contributed by atoms with van der Waals surface area (Å²) in [5, 5.41) is 9.77. The van der Waals surface area contributed by atoms with E-state index < -0.39 is 11.7 Å². The van der Waals surface area contributed by atoms with Gasteiger partial charge in [-0.25, -0.2) is 4.39 Å². The van der Waals surface area contributed by atoms with Crippen LogP contribution in [-0.4, -0.2) is 16.1 Å². The second kappa shape index (κ2) is 5.17. The fourth-order valence-corrected chi connectivity index (χ4v) is 2.31. The Morgan fingerprint density at radius 2 is 2.10 bits per heavy atom. The Morgan fingerprint density at radius 1 is 1.29 bits per heavy atom. The number of aromatic nitrogens is 2. The molecule has 0 saturated heterocycles. The first-order chi connectivity index (χ1) is 10.0. The maximum atomic E-state index is 13.7. The van der Waals surface area contributed by atoms with E-state index in [9.17, 15) is 9.18 Å². The number of rotatable bonds is 2. The molecule has 0 spiro atoms. The minimum Gasteiger partial charge on any atom is -0.399 e. The molecule has 1 aromatic heterocycles. The molecule has 0 bridgehead atoms. The summed E-state index contributed by atoms with van der Waals surface area (Å²) in [5.74, 6) is -1.04. The van der Waals surface area contributed by atoms with Crippen LogP contribution in [0.3, 0.4) is 0 Å². The van der Waals surface area contributed by atoms with Crippen LogP contribution in [0, 0.1) is 5.82 Å². The van der Waals surface area contributed by atoms with Gasteiger partial charge in [-0.2, -0.15) is 5.10 Å². The number of carbonyl (C=O) groups is 1. The molecule has 7 heteroatoms. The summed E-state index contributed by atoms with van der Waals surface area (Å²) >= 11 is 3.16. The third-order valence-corrected chi connectivity index (χ3v) is 3.47. The standard InChI is InChI=1S/C14H10BrFN4O/c15-7-1-3-12(10(16)5-7)18-14(21)13-9-6-8(17)2-4-11(9)19-20-13/h1-6H,17H2,(H,18,21)(H,19,20). The molecule has 2 aromatic carbocycles. The third-order valence-electron chi connectivity index (χ3n) is 2.98. The summed E-state index contributed by atoms with van der Waals surface area (Å²) in [6.07, 6.45) is 0.